The van der Waals surface area contributed by atoms with Gasteiger partial charge in [-0.3, -0.25) is 9.52 Å². The van der Waals surface area contributed by atoms with Crippen molar-refractivity contribution in [3.8, 4) is 6.07 Å². The molecule has 1 amide bonds. The molecule has 200 valence electrons. The Bertz CT molecular complexity index is 1560. The Balaban J connectivity index is 1.48. The fourth-order valence-electron chi connectivity index (χ4n) is 5.35. The van der Waals surface area contributed by atoms with Crippen molar-refractivity contribution in [3.63, 3.8) is 0 Å². The maximum absolute atomic E-state index is 13.8. The van der Waals surface area contributed by atoms with Crippen LogP contribution < -0.4 is 9.62 Å². The lowest BCUT2D eigenvalue weighted by atomic mass is 9.92. The molecule has 2 fully saturated rings. The molecule has 0 saturated carbocycles. The van der Waals surface area contributed by atoms with Gasteiger partial charge in [0.05, 0.1) is 40.7 Å². The molecule has 38 heavy (non-hydrogen) atoms. The first-order chi connectivity index (χ1) is 18.0. The van der Waals surface area contributed by atoms with Crippen molar-refractivity contribution in [2.75, 3.05) is 35.5 Å². The molecule has 10 nitrogen and oxygen atoms in total. The number of hydrogen-bond donors (Lipinski definition) is 1. The third kappa shape index (κ3) is 5.15. The summed E-state index contributed by atoms with van der Waals surface area (Å²) in [5.41, 5.74) is 2.36. The van der Waals surface area contributed by atoms with E-state index in [-0.39, 0.29) is 28.6 Å². The number of piperidine rings is 1. The zero-order chi connectivity index (χ0) is 27.2. The van der Waals surface area contributed by atoms with E-state index < -0.39 is 10.0 Å². The number of nitrogens with zero attached hydrogens (tertiary/aromatic N) is 6. The molecule has 1 N–H and O–H groups in total. The predicted molar refractivity (Wildman–Crippen MR) is 146 cm³/mol. The van der Waals surface area contributed by atoms with E-state index in [2.05, 4.69) is 15.7 Å². The third-order valence-corrected chi connectivity index (χ3v) is 8.11. The number of nitriles is 1. The Kier molecular flexibility index (Phi) is 6.73. The topological polar surface area (TPSA) is 124 Å². The smallest absolute Gasteiger partial charge is 0.256 e. The highest BCUT2D eigenvalue weighted by atomic mass is 35.5. The first-order valence-electron chi connectivity index (χ1n) is 12.6. The second kappa shape index (κ2) is 9.75. The normalized spacial score (nSPS) is 22.0. The predicted octanol–water partition coefficient (Wildman–Crippen LogP) is 4.17. The minimum atomic E-state index is -3.59. The lowest BCUT2D eigenvalue weighted by Crippen LogP contribution is -2.39. The van der Waals surface area contributed by atoms with Crippen LogP contribution >= 0.6 is 11.6 Å². The Labute approximate surface area is 227 Å². The lowest BCUT2D eigenvalue weighted by Gasteiger charge is -2.35. The van der Waals surface area contributed by atoms with Crippen molar-refractivity contribution in [1.82, 2.24) is 19.5 Å². The molecule has 4 heterocycles. The number of fused-ring (bicyclic) bond motifs is 1. The summed E-state index contributed by atoms with van der Waals surface area (Å²) in [6.45, 7) is 5.87. The highest BCUT2D eigenvalue weighted by Crippen LogP contribution is 2.36. The molecule has 0 spiro atoms. The third-order valence-electron chi connectivity index (χ3n) is 7.28. The van der Waals surface area contributed by atoms with E-state index in [0.717, 1.165) is 55.6 Å². The van der Waals surface area contributed by atoms with Gasteiger partial charge in [0, 0.05) is 42.5 Å². The van der Waals surface area contributed by atoms with E-state index >= 15 is 0 Å². The standard InChI is InChI=1S/C26H30ClN7O3S/c1-17-14-34-23(29-24(17)32-11-9-26(2,15-28)16-32)13-21(30-34)22-6-4-5-10-33(22)25(35)19-12-18(27)7-8-20(19)31-38(3,36)37/h7-8,12-14,22,31H,4-6,9-11,16H2,1-3H3/t22-,26?/m0/s1. The first kappa shape index (κ1) is 26.3. The molecule has 0 aliphatic carbocycles. The summed E-state index contributed by atoms with van der Waals surface area (Å²) in [6.07, 6.45) is 6.26. The minimum absolute atomic E-state index is 0.193. The highest BCUT2D eigenvalue weighted by molar-refractivity contribution is 7.92. The van der Waals surface area contributed by atoms with E-state index in [1.54, 1.807) is 15.5 Å². The van der Waals surface area contributed by atoms with Gasteiger partial charge in [-0.05, 0) is 57.7 Å². The number of nitrogens with one attached hydrogen (secondary N) is 1. The van der Waals surface area contributed by atoms with E-state index in [1.165, 1.54) is 12.1 Å². The Morgan fingerprint density at radius 3 is 2.76 bits per heavy atom. The van der Waals surface area contributed by atoms with Crippen LogP contribution in [0.3, 0.4) is 0 Å². The van der Waals surface area contributed by atoms with E-state index in [4.69, 9.17) is 21.7 Å². The van der Waals surface area contributed by atoms with Gasteiger partial charge in [0.25, 0.3) is 5.91 Å². The summed E-state index contributed by atoms with van der Waals surface area (Å²) in [5, 5.41) is 14.7. The number of aromatic nitrogens is 3. The fourth-order valence-corrected chi connectivity index (χ4v) is 6.10. The first-order valence-corrected chi connectivity index (χ1v) is 14.8. The molecule has 2 aromatic heterocycles. The van der Waals surface area contributed by atoms with Gasteiger partial charge in [-0.15, -0.1) is 0 Å². The number of amides is 1. The number of carbonyl (C=O) groups is 1. The monoisotopic (exact) mass is 555 g/mol. The molecule has 1 aromatic carbocycles. The summed E-state index contributed by atoms with van der Waals surface area (Å²) in [6, 6.07) is 8.59. The van der Waals surface area contributed by atoms with Gasteiger partial charge < -0.3 is 9.80 Å². The molecule has 0 radical (unpaired) electrons. The molecule has 2 atom stereocenters. The molecule has 3 aromatic rings. The molecule has 2 saturated heterocycles. The zero-order valence-electron chi connectivity index (χ0n) is 21.6. The molecular weight excluding hydrogens is 526 g/mol. The molecule has 1 unspecified atom stereocenters. The van der Waals surface area contributed by atoms with E-state index in [9.17, 15) is 18.5 Å². The average Bonchev–Trinajstić information content (AvgIpc) is 3.47. The van der Waals surface area contributed by atoms with Gasteiger partial charge in [0.15, 0.2) is 5.65 Å². The van der Waals surface area contributed by atoms with Crippen molar-refractivity contribution in [2.45, 2.75) is 45.6 Å². The Hall–Kier alpha value is -3.36. The summed E-state index contributed by atoms with van der Waals surface area (Å²) < 4.78 is 28.0. The number of likely N-dealkylation sites (tertiary alicyclic amines) is 1. The van der Waals surface area contributed by atoms with Crippen LogP contribution in [0.25, 0.3) is 5.65 Å². The fraction of sp³-hybridized carbons (Fsp3) is 0.462. The number of carbonyl (C=O) groups excluding carboxylic acids is 1. The lowest BCUT2D eigenvalue weighted by molar-refractivity contribution is 0.0607. The summed E-state index contributed by atoms with van der Waals surface area (Å²) in [5.74, 6) is 0.535. The number of halogens is 1. The van der Waals surface area contributed by atoms with E-state index in [0.29, 0.717) is 23.8 Å². The quantitative estimate of drug-likeness (QED) is 0.501. The molecule has 0 bridgehead atoms. The van der Waals surface area contributed by atoms with Crippen molar-refractivity contribution in [1.29, 1.82) is 5.26 Å². The minimum Gasteiger partial charge on any atom is -0.355 e. The number of benzene rings is 1. The number of sulfonamides is 1. The molecule has 2 aliphatic heterocycles. The molecule has 12 heteroatoms. The van der Waals surface area contributed by atoms with Gasteiger partial charge in [-0.1, -0.05) is 11.6 Å². The van der Waals surface area contributed by atoms with Gasteiger partial charge in [-0.25, -0.2) is 17.9 Å². The van der Waals surface area contributed by atoms with Crippen LogP contribution in [-0.2, 0) is 10.0 Å². The zero-order valence-corrected chi connectivity index (χ0v) is 23.2. The number of anilines is 2. The highest BCUT2D eigenvalue weighted by Gasteiger charge is 2.36. The summed E-state index contributed by atoms with van der Waals surface area (Å²) in [7, 11) is -3.59. The Morgan fingerprint density at radius 2 is 2.05 bits per heavy atom. The molecule has 2 aliphatic rings. The van der Waals surface area contributed by atoms with Gasteiger partial charge in [0.2, 0.25) is 10.0 Å². The second-order valence-corrected chi connectivity index (χ2v) is 12.7. The molecular formula is C26H30ClN7O3S. The average molecular weight is 556 g/mol. The number of hydrogen-bond acceptors (Lipinski definition) is 7. The van der Waals surface area contributed by atoms with Crippen molar-refractivity contribution in [2.24, 2.45) is 5.41 Å². The summed E-state index contributed by atoms with van der Waals surface area (Å²) >= 11 is 6.19. The largest absolute Gasteiger partial charge is 0.355 e. The SMILES string of the molecule is Cc1cn2nc([C@@H]3CCCCN3C(=O)c3cc(Cl)ccc3NS(C)(=O)=O)cc2nc1N1CCC(C)(C#N)C1. The van der Waals surface area contributed by atoms with Crippen LogP contribution in [0.15, 0.2) is 30.5 Å². The number of aryl methyl sites for hydroxylation is 1. The summed E-state index contributed by atoms with van der Waals surface area (Å²) in [4.78, 5) is 22.6. The van der Waals surface area contributed by atoms with Crippen molar-refractivity contribution in [3.05, 3.63) is 52.3 Å². The van der Waals surface area contributed by atoms with Crippen molar-refractivity contribution >= 4 is 44.7 Å². The maximum atomic E-state index is 13.8. The molecule has 5 rings (SSSR count). The Morgan fingerprint density at radius 1 is 1.26 bits per heavy atom. The van der Waals surface area contributed by atoms with Crippen LogP contribution in [0.2, 0.25) is 5.02 Å². The number of rotatable bonds is 5. The van der Waals surface area contributed by atoms with Crippen LogP contribution in [0, 0.1) is 23.7 Å². The van der Waals surface area contributed by atoms with Crippen LogP contribution in [-0.4, -0.2) is 59.7 Å². The van der Waals surface area contributed by atoms with Crippen LogP contribution in [0.4, 0.5) is 11.5 Å². The maximum Gasteiger partial charge on any atom is 0.256 e. The van der Waals surface area contributed by atoms with Gasteiger partial charge in [-0.2, -0.15) is 10.4 Å². The van der Waals surface area contributed by atoms with E-state index in [1.807, 2.05) is 26.1 Å². The van der Waals surface area contributed by atoms with Crippen molar-refractivity contribution < 1.29 is 13.2 Å². The van der Waals surface area contributed by atoms with Crippen LogP contribution in [0.1, 0.15) is 60.3 Å². The van der Waals surface area contributed by atoms with Gasteiger partial charge in [0.1, 0.15) is 5.82 Å². The second-order valence-electron chi connectivity index (χ2n) is 10.5. The van der Waals surface area contributed by atoms with Gasteiger partial charge >= 0.3 is 0 Å². The van der Waals surface area contributed by atoms with Crippen LogP contribution in [0.5, 0.6) is 0 Å².